The Labute approximate surface area is 107 Å². The lowest BCUT2D eigenvalue weighted by Crippen LogP contribution is -2.25. The quantitative estimate of drug-likeness (QED) is 0.804. The fraction of sp³-hybridized carbons (Fsp3) is 0.692. The van der Waals surface area contributed by atoms with Gasteiger partial charge in [-0.15, -0.1) is 0 Å². The minimum atomic E-state index is -0.242. The maximum Gasteiger partial charge on any atom is 0.208 e. The molecule has 3 heterocycles. The van der Waals surface area contributed by atoms with Crippen molar-refractivity contribution in [2.24, 2.45) is 5.92 Å². The molecule has 18 heavy (non-hydrogen) atoms. The van der Waals surface area contributed by atoms with E-state index >= 15 is 0 Å². The molecular weight excluding hydrogens is 231 g/mol. The minimum absolute atomic E-state index is 0.242. The van der Waals surface area contributed by atoms with E-state index in [1.165, 1.54) is 6.33 Å². The Morgan fingerprint density at radius 2 is 1.78 bits per heavy atom. The van der Waals surface area contributed by atoms with Crippen molar-refractivity contribution in [1.82, 2.24) is 9.97 Å². The van der Waals surface area contributed by atoms with Gasteiger partial charge in [0, 0.05) is 26.2 Å². The molecule has 4 nitrogen and oxygen atoms in total. The first-order chi connectivity index (χ1) is 8.75. The highest BCUT2D eigenvalue weighted by Gasteiger charge is 2.26. The normalized spacial score (nSPS) is 24.0. The molecular formula is C13H19FN4. The maximum absolute atomic E-state index is 14.5. The van der Waals surface area contributed by atoms with Gasteiger partial charge in [0.1, 0.15) is 6.33 Å². The van der Waals surface area contributed by atoms with E-state index in [1.54, 1.807) is 0 Å². The predicted octanol–water partition coefficient (Wildman–Crippen LogP) is 2.06. The lowest BCUT2D eigenvalue weighted by Gasteiger charge is -2.22. The Hall–Kier alpha value is -1.39. The molecule has 0 spiro atoms. The van der Waals surface area contributed by atoms with E-state index in [1.807, 2.05) is 9.80 Å². The summed E-state index contributed by atoms with van der Waals surface area (Å²) in [5, 5.41) is 0. The Morgan fingerprint density at radius 1 is 1.11 bits per heavy atom. The summed E-state index contributed by atoms with van der Waals surface area (Å²) in [4.78, 5) is 12.3. The average Bonchev–Trinajstić information content (AvgIpc) is 3.00. The van der Waals surface area contributed by atoms with Gasteiger partial charge in [0.25, 0.3) is 0 Å². The molecule has 2 fully saturated rings. The molecule has 1 unspecified atom stereocenters. The standard InChI is InChI=1S/C13H19FN4/c1-10-4-7-18(8-10)13-11(14)12(15-9-16-13)17-5-2-3-6-17/h9-10H,2-8H2,1H3. The number of anilines is 2. The van der Waals surface area contributed by atoms with Crippen LogP contribution in [0.2, 0.25) is 0 Å². The highest BCUT2D eigenvalue weighted by molar-refractivity contribution is 5.53. The van der Waals surface area contributed by atoms with E-state index in [9.17, 15) is 4.39 Å². The van der Waals surface area contributed by atoms with Crippen LogP contribution < -0.4 is 9.80 Å². The van der Waals surface area contributed by atoms with E-state index in [4.69, 9.17) is 0 Å². The van der Waals surface area contributed by atoms with Crippen molar-refractivity contribution in [2.75, 3.05) is 36.0 Å². The molecule has 1 atom stereocenters. The van der Waals surface area contributed by atoms with Crippen molar-refractivity contribution in [3.63, 3.8) is 0 Å². The Morgan fingerprint density at radius 3 is 2.39 bits per heavy atom. The minimum Gasteiger partial charge on any atom is -0.354 e. The molecule has 2 aliphatic rings. The number of aromatic nitrogens is 2. The molecule has 0 amide bonds. The third-order valence-corrected chi connectivity index (χ3v) is 3.88. The molecule has 2 saturated heterocycles. The summed E-state index contributed by atoms with van der Waals surface area (Å²) in [5.74, 6) is 1.34. The van der Waals surface area contributed by atoms with Crippen molar-refractivity contribution >= 4 is 11.6 Å². The van der Waals surface area contributed by atoms with E-state index in [0.717, 1.165) is 45.4 Å². The SMILES string of the molecule is CC1CCN(c2ncnc(N3CCCC3)c2F)C1. The van der Waals surface area contributed by atoms with Crippen molar-refractivity contribution in [3.05, 3.63) is 12.1 Å². The van der Waals surface area contributed by atoms with Gasteiger partial charge in [-0.25, -0.2) is 9.97 Å². The number of halogens is 1. The lowest BCUT2D eigenvalue weighted by molar-refractivity contribution is 0.600. The summed E-state index contributed by atoms with van der Waals surface area (Å²) >= 11 is 0. The van der Waals surface area contributed by atoms with Crippen LogP contribution in [0.15, 0.2) is 6.33 Å². The van der Waals surface area contributed by atoms with Crippen LogP contribution in [0.1, 0.15) is 26.2 Å². The molecule has 3 rings (SSSR count). The van der Waals surface area contributed by atoms with Crippen LogP contribution in [0.5, 0.6) is 0 Å². The second kappa shape index (κ2) is 4.71. The zero-order chi connectivity index (χ0) is 12.5. The molecule has 1 aromatic heterocycles. The van der Waals surface area contributed by atoms with Crippen LogP contribution in [-0.4, -0.2) is 36.1 Å². The van der Waals surface area contributed by atoms with Crippen molar-refractivity contribution in [2.45, 2.75) is 26.2 Å². The zero-order valence-corrected chi connectivity index (χ0v) is 10.8. The summed E-state index contributed by atoms with van der Waals surface area (Å²) in [6.45, 7) is 5.80. The van der Waals surface area contributed by atoms with Crippen molar-refractivity contribution in [1.29, 1.82) is 0 Å². The number of hydrogen-bond donors (Lipinski definition) is 0. The third-order valence-electron chi connectivity index (χ3n) is 3.88. The van der Waals surface area contributed by atoms with Gasteiger partial charge < -0.3 is 9.80 Å². The molecule has 98 valence electrons. The summed E-state index contributed by atoms with van der Waals surface area (Å²) in [5.41, 5.74) is 0. The first kappa shape index (κ1) is 11.7. The summed E-state index contributed by atoms with van der Waals surface area (Å²) in [6, 6.07) is 0. The van der Waals surface area contributed by atoms with Gasteiger partial charge in [-0.3, -0.25) is 0 Å². The molecule has 0 aliphatic carbocycles. The van der Waals surface area contributed by atoms with Crippen LogP contribution in [-0.2, 0) is 0 Å². The Balaban J connectivity index is 1.88. The monoisotopic (exact) mass is 250 g/mol. The second-order valence-electron chi connectivity index (χ2n) is 5.37. The van der Waals surface area contributed by atoms with Crippen LogP contribution >= 0.6 is 0 Å². The van der Waals surface area contributed by atoms with Gasteiger partial charge in [0.15, 0.2) is 11.6 Å². The highest BCUT2D eigenvalue weighted by Crippen LogP contribution is 2.29. The fourth-order valence-electron chi connectivity index (χ4n) is 2.85. The van der Waals surface area contributed by atoms with Gasteiger partial charge in [0.2, 0.25) is 5.82 Å². The number of nitrogens with zero attached hydrogens (tertiary/aromatic N) is 4. The number of hydrogen-bond acceptors (Lipinski definition) is 4. The molecule has 0 aromatic carbocycles. The van der Waals surface area contributed by atoms with Gasteiger partial charge in [-0.2, -0.15) is 4.39 Å². The van der Waals surface area contributed by atoms with Gasteiger partial charge in [0.05, 0.1) is 0 Å². The molecule has 5 heteroatoms. The summed E-state index contributed by atoms with van der Waals surface area (Å²) in [7, 11) is 0. The van der Waals surface area contributed by atoms with Crippen molar-refractivity contribution in [3.8, 4) is 0 Å². The van der Waals surface area contributed by atoms with Crippen LogP contribution in [0, 0.1) is 11.7 Å². The zero-order valence-electron chi connectivity index (χ0n) is 10.8. The maximum atomic E-state index is 14.5. The topological polar surface area (TPSA) is 32.3 Å². The second-order valence-corrected chi connectivity index (χ2v) is 5.37. The smallest absolute Gasteiger partial charge is 0.208 e. The molecule has 0 N–H and O–H groups in total. The largest absolute Gasteiger partial charge is 0.354 e. The first-order valence-electron chi connectivity index (χ1n) is 6.76. The summed E-state index contributed by atoms with van der Waals surface area (Å²) in [6.07, 6.45) is 4.86. The van der Waals surface area contributed by atoms with E-state index in [0.29, 0.717) is 17.6 Å². The van der Waals surface area contributed by atoms with E-state index in [2.05, 4.69) is 16.9 Å². The van der Waals surface area contributed by atoms with E-state index in [-0.39, 0.29) is 5.82 Å². The molecule has 2 aliphatic heterocycles. The first-order valence-corrected chi connectivity index (χ1v) is 6.76. The number of rotatable bonds is 2. The molecule has 0 saturated carbocycles. The Bertz CT molecular complexity index is 431. The fourth-order valence-corrected chi connectivity index (χ4v) is 2.85. The lowest BCUT2D eigenvalue weighted by atomic mass is 10.2. The van der Waals surface area contributed by atoms with Crippen molar-refractivity contribution < 1.29 is 4.39 Å². The third kappa shape index (κ3) is 2.02. The predicted molar refractivity (Wildman–Crippen MR) is 69.4 cm³/mol. The average molecular weight is 250 g/mol. The van der Waals surface area contributed by atoms with Crippen LogP contribution in [0.4, 0.5) is 16.0 Å². The summed E-state index contributed by atoms with van der Waals surface area (Å²) < 4.78 is 14.5. The van der Waals surface area contributed by atoms with E-state index < -0.39 is 0 Å². The van der Waals surface area contributed by atoms with Gasteiger partial charge in [-0.05, 0) is 25.2 Å². The van der Waals surface area contributed by atoms with Crippen LogP contribution in [0.25, 0.3) is 0 Å². The van der Waals surface area contributed by atoms with Crippen LogP contribution in [0.3, 0.4) is 0 Å². The molecule has 0 radical (unpaired) electrons. The molecule has 0 bridgehead atoms. The Kier molecular flexibility index (Phi) is 3.06. The van der Waals surface area contributed by atoms with Gasteiger partial charge in [-0.1, -0.05) is 6.92 Å². The highest BCUT2D eigenvalue weighted by atomic mass is 19.1. The van der Waals surface area contributed by atoms with Gasteiger partial charge >= 0.3 is 0 Å². The molecule has 1 aromatic rings.